The van der Waals surface area contributed by atoms with Crippen LogP contribution in [0.25, 0.3) is 0 Å². The Morgan fingerprint density at radius 2 is 2.12 bits per heavy atom. The second kappa shape index (κ2) is 6.18. The minimum absolute atomic E-state index is 0.632. The van der Waals surface area contributed by atoms with Crippen LogP contribution in [0.1, 0.15) is 24.8 Å². The van der Waals surface area contributed by atoms with Gasteiger partial charge in [-0.15, -0.1) is 0 Å². The molecule has 0 aromatic heterocycles. The molecule has 3 unspecified atom stereocenters. The van der Waals surface area contributed by atoms with E-state index in [1.54, 1.807) is 7.11 Å². The maximum absolute atomic E-state index is 5.32. The van der Waals surface area contributed by atoms with Gasteiger partial charge in [0.25, 0.3) is 0 Å². The summed E-state index contributed by atoms with van der Waals surface area (Å²) in [5.41, 5.74) is 1.47. The van der Waals surface area contributed by atoms with Gasteiger partial charge in [-0.3, -0.25) is 0 Å². The molecule has 1 fully saturated rings. The average molecular weight is 233 g/mol. The van der Waals surface area contributed by atoms with Crippen molar-refractivity contribution in [3.8, 4) is 0 Å². The van der Waals surface area contributed by atoms with Crippen LogP contribution in [-0.2, 0) is 4.74 Å². The summed E-state index contributed by atoms with van der Waals surface area (Å²) in [4.78, 5) is 0. The zero-order chi connectivity index (χ0) is 12.1. The molecule has 0 saturated carbocycles. The largest absolute Gasteiger partial charge is 0.384 e. The van der Waals surface area contributed by atoms with E-state index < -0.39 is 0 Å². The molecular weight excluding hydrogens is 210 g/mol. The number of piperidine rings is 1. The van der Waals surface area contributed by atoms with Crippen LogP contribution in [-0.4, -0.2) is 26.8 Å². The van der Waals surface area contributed by atoms with Crippen molar-refractivity contribution in [2.45, 2.75) is 19.3 Å². The molecule has 1 saturated heterocycles. The van der Waals surface area contributed by atoms with Crippen LogP contribution in [0.15, 0.2) is 30.3 Å². The van der Waals surface area contributed by atoms with Crippen LogP contribution < -0.4 is 5.32 Å². The standard InChI is InChI=1S/C15H23NO/c1-12(11-17-2)14-8-9-16-10-15(14)13-6-4-3-5-7-13/h3-7,12,14-16H,8-11H2,1-2H3. The Hall–Kier alpha value is -0.860. The van der Waals surface area contributed by atoms with Gasteiger partial charge in [0.05, 0.1) is 0 Å². The topological polar surface area (TPSA) is 21.3 Å². The molecule has 0 bridgehead atoms. The lowest BCUT2D eigenvalue weighted by Gasteiger charge is -2.36. The van der Waals surface area contributed by atoms with Gasteiger partial charge in [0.1, 0.15) is 0 Å². The van der Waals surface area contributed by atoms with Gasteiger partial charge in [-0.2, -0.15) is 0 Å². The fourth-order valence-electron chi connectivity index (χ4n) is 3.01. The summed E-state index contributed by atoms with van der Waals surface area (Å²) in [5.74, 6) is 2.00. The third kappa shape index (κ3) is 3.08. The van der Waals surface area contributed by atoms with Crippen molar-refractivity contribution in [3.05, 3.63) is 35.9 Å². The van der Waals surface area contributed by atoms with Gasteiger partial charge < -0.3 is 10.1 Å². The molecule has 2 nitrogen and oxygen atoms in total. The van der Waals surface area contributed by atoms with E-state index in [9.17, 15) is 0 Å². The van der Waals surface area contributed by atoms with Crippen molar-refractivity contribution in [3.63, 3.8) is 0 Å². The van der Waals surface area contributed by atoms with Gasteiger partial charge >= 0.3 is 0 Å². The van der Waals surface area contributed by atoms with Crippen LogP contribution in [0.5, 0.6) is 0 Å². The molecular formula is C15H23NO. The molecule has 1 aliphatic rings. The van der Waals surface area contributed by atoms with E-state index in [0.717, 1.165) is 25.6 Å². The van der Waals surface area contributed by atoms with E-state index in [4.69, 9.17) is 4.74 Å². The molecule has 0 spiro atoms. The first-order chi connectivity index (χ1) is 8.33. The number of hydrogen-bond donors (Lipinski definition) is 1. The molecule has 0 radical (unpaired) electrons. The maximum atomic E-state index is 5.32. The van der Waals surface area contributed by atoms with Crippen LogP contribution in [0.3, 0.4) is 0 Å². The molecule has 1 aromatic carbocycles. The second-order valence-electron chi connectivity index (χ2n) is 5.11. The normalized spacial score (nSPS) is 26.7. The van der Waals surface area contributed by atoms with E-state index in [0.29, 0.717) is 11.8 Å². The van der Waals surface area contributed by atoms with E-state index in [-0.39, 0.29) is 0 Å². The summed E-state index contributed by atoms with van der Waals surface area (Å²) in [6, 6.07) is 10.9. The number of ether oxygens (including phenoxy) is 1. The molecule has 0 aliphatic carbocycles. The van der Waals surface area contributed by atoms with Crippen molar-refractivity contribution >= 4 is 0 Å². The van der Waals surface area contributed by atoms with Crippen molar-refractivity contribution in [2.75, 3.05) is 26.8 Å². The van der Waals surface area contributed by atoms with Gasteiger partial charge in [0.2, 0.25) is 0 Å². The highest BCUT2D eigenvalue weighted by molar-refractivity contribution is 5.21. The molecule has 94 valence electrons. The highest BCUT2D eigenvalue weighted by Crippen LogP contribution is 2.34. The molecule has 2 rings (SSSR count). The quantitative estimate of drug-likeness (QED) is 0.863. The Kier molecular flexibility index (Phi) is 4.57. The summed E-state index contributed by atoms with van der Waals surface area (Å²) in [5, 5.41) is 3.52. The number of methoxy groups -OCH3 is 1. The molecule has 3 atom stereocenters. The average Bonchev–Trinajstić information content (AvgIpc) is 2.40. The van der Waals surface area contributed by atoms with Gasteiger partial charge in [-0.25, -0.2) is 0 Å². The minimum atomic E-state index is 0.632. The Morgan fingerprint density at radius 1 is 1.35 bits per heavy atom. The van der Waals surface area contributed by atoms with Gasteiger partial charge in [-0.05, 0) is 36.3 Å². The Balaban J connectivity index is 2.12. The van der Waals surface area contributed by atoms with Crippen molar-refractivity contribution in [1.82, 2.24) is 5.32 Å². The van der Waals surface area contributed by atoms with Gasteiger partial charge in [-0.1, -0.05) is 37.3 Å². The van der Waals surface area contributed by atoms with E-state index in [1.807, 2.05) is 0 Å². The van der Waals surface area contributed by atoms with Crippen LogP contribution in [0, 0.1) is 11.8 Å². The minimum Gasteiger partial charge on any atom is -0.384 e. The van der Waals surface area contributed by atoms with Gasteiger partial charge in [0, 0.05) is 20.3 Å². The Bertz CT molecular complexity index is 325. The predicted molar refractivity (Wildman–Crippen MR) is 71.2 cm³/mol. The summed E-state index contributed by atoms with van der Waals surface area (Å²) in [7, 11) is 1.80. The number of rotatable bonds is 4. The van der Waals surface area contributed by atoms with E-state index in [2.05, 4.69) is 42.6 Å². The lowest BCUT2D eigenvalue weighted by Crippen LogP contribution is -2.38. The number of nitrogens with one attached hydrogen (secondary N) is 1. The third-order valence-electron chi connectivity index (χ3n) is 3.92. The molecule has 1 aliphatic heterocycles. The molecule has 1 N–H and O–H groups in total. The number of benzene rings is 1. The van der Waals surface area contributed by atoms with E-state index >= 15 is 0 Å². The molecule has 17 heavy (non-hydrogen) atoms. The highest BCUT2D eigenvalue weighted by Gasteiger charge is 2.30. The summed E-state index contributed by atoms with van der Waals surface area (Å²) in [6.07, 6.45) is 1.25. The molecule has 0 amide bonds. The van der Waals surface area contributed by atoms with Crippen molar-refractivity contribution in [1.29, 1.82) is 0 Å². The van der Waals surface area contributed by atoms with Crippen LogP contribution in [0.4, 0.5) is 0 Å². The first-order valence-corrected chi connectivity index (χ1v) is 6.57. The fourth-order valence-corrected chi connectivity index (χ4v) is 3.01. The molecule has 1 heterocycles. The highest BCUT2D eigenvalue weighted by atomic mass is 16.5. The molecule has 1 aromatic rings. The summed E-state index contributed by atoms with van der Waals surface area (Å²) >= 11 is 0. The third-order valence-corrected chi connectivity index (χ3v) is 3.92. The second-order valence-corrected chi connectivity index (χ2v) is 5.11. The van der Waals surface area contributed by atoms with E-state index in [1.165, 1.54) is 12.0 Å². The SMILES string of the molecule is COCC(C)C1CCNCC1c1ccccc1. The first kappa shape index (κ1) is 12.6. The van der Waals surface area contributed by atoms with Crippen LogP contribution in [0.2, 0.25) is 0 Å². The summed E-state index contributed by atoms with van der Waals surface area (Å²) < 4.78 is 5.32. The maximum Gasteiger partial charge on any atom is 0.0490 e. The first-order valence-electron chi connectivity index (χ1n) is 6.57. The van der Waals surface area contributed by atoms with Crippen molar-refractivity contribution < 1.29 is 4.74 Å². The van der Waals surface area contributed by atoms with Crippen molar-refractivity contribution in [2.24, 2.45) is 11.8 Å². The Labute approximate surface area is 104 Å². The summed E-state index contributed by atoms with van der Waals surface area (Å²) in [6.45, 7) is 5.42. The van der Waals surface area contributed by atoms with Gasteiger partial charge in [0.15, 0.2) is 0 Å². The zero-order valence-electron chi connectivity index (χ0n) is 10.9. The molecule has 2 heteroatoms. The van der Waals surface area contributed by atoms with Crippen LogP contribution >= 0.6 is 0 Å². The lowest BCUT2D eigenvalue weighted by atomic mass is 9.75. The predicted octanol–water partition coefficient (Wildman–Crippen LogP) is 2.66. The number of hydrogen-bond acceptors (Lipinski definition) is 2. The lowest BCUT2D eigenvalue weighted by molar-refractivity contribution is 0.107. The zero-order valence-corrected chi connectivity index (χ0v) is 10.9. The monoisotopic (exact) mass is 233 g/mol. The fraction of sp³-hybridized carbons (Fsp3) is 0.600. The Morgan fingerprint density at radius 3 is 2.82 bits per heavy atom. The smallest absolute Gasteiger partial charge is 0.0490 e.